The summed E-state index contributed by atoms with van der Waals surface area (Å²) in [5.74, 6) is 0.235. The van der Waals surface area contributed by atoms with Crippen LogP contribution in [0.25, 0.3) is 0 Å². The normalized spacial score (nSPS) is 20.1. The summed E-state index contributed by atoms with van der Waals surface area (Å²) in [6.45, 7) is 0.829. The van der Waals surface area contributed by atoms with E-state index in [0.717, 1.165) is 12.1 Å². The minimum Gasteiger partial charge on any atom is -0.331 e. The zero-order valence-electron chi connectivity index (χ0n) is 7.66. The zero-order chi connectivity index (χ0) is 9.71. The van der Waals surface area contributed by atoms with Crippen molar-refractivity contribution in [3.63, 3.8) is 0 Å². The van der Waals surface area contributed by atoms with Gasteiger partial charge in [-0.25, -0.2) is 0 Å². The highest BCUT2D eigenvalue weighted by Gasteiger charge is 2.37. The predicted molar refractivity (Wildman–Crippen MR) is 62.1 cm³/mol. The zero-order valence-corrected chi connectivity index (χ0v) is 9.82. The molecule has 1 amide bonds. The second kappa shape index (κ2) is 2.95. The molecule has 2 nitrogen and oxygen atoms in total. The van der Waals surface area contributed by atoms with Crippen molar-refractivity contribution in [2.45, 2.75) is 25.4 Å². The Morgan fingerprint density at radius 3 is 2.86 bits per heavy atom. The van der Waals surface area contributed by atoms with Gasteiger partial charge in [-0.3, -0.25) is 4.79 Å². The molecule has 0 bridgehead atoms. The van der Waals surface area contributed by atoms with E-state index in [4.69, 9.17) is 0 Å². The Kier molecular flexibility index (Phi) is 1.84. The maximum absolute atomic E-state index is 11.9. The lowest BCUT2D eigenvalue weighted by molar-refractivity contribution is 0.0766. The van der Waals surface area contributed by atoms with Crippen LogP contribution in [0.3, 0.4) is 0 Å². The van der Waals surface area contributed by atoms with E-state index in [-0.39, 0.29) is 5.91 Å². The molecule has 0 unspecified atom stereocenters. The first kappa shape index (κ1) is 8.71. The molecule has 14 heavy (non-hydrogen) atoms. The predicted octanol–water partition coefficient (Wildman–Crippen LogP) is 2.41. The number of hydrogen-bond donors (Lipinski definition) is 0. The van der Waals surface area contributed by atoms with Crippen LogP contribution in [0.5, 0.6) is 0 Å². The Bertz CT molecular complexity index is 412. The van der Waals surface area contributed by atoms with E-state index in [1.54, 1.807) is 0 Å². The van der Waals surface area contributed by atoms with Gasteiger partial charge in [-0.05, 0) is 59.2 Å². The number of hydrogen-bond acceptors (Lipinski definition) is 1. The molecule has 3 rings (SSSR count). The molecule has 0 N–H and O–H groups in total. The number of rotatable bonds is 1. The first-order valence-corrected chi connectivity index (χ1v) is 5.93. The van der Waals surface area contributed by atoms with Crippen LogP contribution in [0.15, 0.2) is 18.2 Å². The third kappa shape index (κ3) is 1.26. The van der Waals surface area contributed by atoms with Crippen LogP contribution in [0, 0.1) is 3.57 Å². The first-order chi connectivity index (χ1) is 6.75. The Hall–Kier alpha value is -0.580. The number of fused-ring (bicyclic) bond motifs is 1. The second-order valence-corrected chi connectivity index (χ2v) is 5.21. The molecular weight excluding hydrogens is 289 g/mol. The van der Waals surface area contributed by atoms with Gasteiger partial charge in [0.1, 0.15) is 0 Å². The molecule has 0 saturated heterocycles. The average Bonchev–Trinajstić information content (AvgIpc) is 2.93. The van der Waals surface area contributed by atoms with E-state index in [1.165, 1.54) is 22.0 Å². The molecule has 0 radical (unpaired) electrons. The number of halogens is 1. The van der Waals surface area contributed by atoms with E-state index in [1.807, 2.05) is 17.0 Å². The highest BCUT2D eigenvalue weighted by Crippen LogP contribution is 2.34. The van der Waals surface area contributed by atoms with Gasteiger partial charge in [0.25, 0.3) is 5.91 Å². The molecule has 1 aromatic carbocycles. The van der Waals surface area contributed by atoms with Crippen molar-refractivity contribution in [3.8, 4) is 0 Å². The molecule has 72 valence electrons. The molecule has 3 heteroatoms. The Balaban J connectivity index is 2.01. The largest absolute Gasteiger partial charge is 0.331 e. The van der Waals surface area contributed by atoms with Crippen molar-refractivity contribution >= 4 is 28.5 Å². The van der Waals surface area contributed by atoms with Gasteiger partial charge in [-0.2, -0.15) is 0 Å². The summed E-state index contributed by atoms with van der Waals surface area (Å²) in [6, 6.07) is 6.62. The van der Waals surface area contributed by atoms with Crippen molar-refractivity contribution < 1.29 is 4.79 Å². The van der Waals surface area contributed by atoms with E-state index in [9.17, 15) is 4.79 Å². The van der Waals surface area contributed by atoms with Crippen LogP contribution in [0.1, 0.15) is 28.8 Å². The van der Waals surface area contributed by atoms with Crippen molar-refractivity contribution in [1.29, 1.82) is 0 Å². The summed E-state index contributed by atoms with van der Waals surface area (Å²) in [6.07, 6.45) is 2.38. The monoisotopic (exact) mass is 299 g/mol. The molecule has 1 fully saturated rings. The second-order valence-electron chi connectivity index (χ2n) is 3.97. The molecular formula is C11H10INO. The lowest BCUT2D eigenvalue weighted by atomic mass is 10.1. The summed E-state index contributed by atoms with van der Waals surface area (Å²) < 4.78 is 1.21. The molecule has 0 spiro atoms. The number of nitrogens with zero attached hydrogens (tertiary/aromatic N) is 1. The first-order valence-electron chi connectivity index (χ1n) is 4.85. The maximum atomic E-state index is 11.9. The summed E-state index contributed by atoms with van der Waals surface area (Å²) in [5, 5.41) is 0. The van der Waals surface area contributed by atoms with Gasteiger partial charge < -0.3 is 4.90 Å². The van der Waals surface area contributed by atoms with Gasteiger partial charge in [0.05, 0.1) is 0 Å². The SMILES string of the molecule is O=C1c2ccc(I)cc2CN1C1CC1. The third-order valence-corrected chi connectivity index (χ3v) is 3.56. The van der Waals surface area contributed by atoms with E-state index >= 15 is 0 Å². The highest BCUT2D eigenvalue weighted by atomic mass is 127. The maximum Gasteiger partial charge on any atom is 0.254 e. The van der Waals surface area contributed by atoms with Crippen LogP contribution in [0.4, 0.5) is 0 Å². The van der Waals surface area contributed by atoms with Crippen molar-refractivity contribution in [1.82, 2.24) is 4.90 Å². The van der Waals surface area contributed by atoms with Gasteiger partial charge >= 0.3 is 0 Å². The van der Waals surface area contributed by atoms with Gasteiger partial charge in [0, 0.05) is 21.7 Å². The average molecular weight is 299 g/mol. The number of carbonyl (C=O) groups is 1. The summed E-state index contributed by atoms with van der Waals surface area (Å²) in [5.41, 5.74) is 2.12. The van der Waals surface area contributed by atoms with Crippen LogP contribution >= 0.6 is 22.6 Å². The topological polar surface area (TPSA) is 20.3 Å². The lowest BCUT2D eigenvalue weighted by Gasteiger charge is -2.13. The smallest absolute Gasteiger partial charge is 0.254 e. The summed E-state index contributed by atoms with van der Waals surface area (Å²) >= 11 is 2.29. The molecule has 2 aliphatic rings. The van der Waals surface area contributed by atoms with Crippen LogP contribution in [-0.4, -0.2) is 16.8 Å². The summed E-state index contributed by atoms with van der Waals surface area (Å²) in [7, 11) is 0. The standard InChI is InChI=1S/C11H10INO/c12-8-1-4-10-7(5-8)6-13(11(10)14)9-2-3-9/h1,4-5,9H,2-3,6H2. The number of benzene rings is 1. The van der Waals surface area contributed by atoms with Gasteiger partial charge in [0.15, 0.2) is 0 Å². The van der Waals surface area contributed by atoms with Gasteiger partial charge in [-0.15, -0.1) is 0 Å². The van der Waals surface area contributed by atoms with Crippen LogP contribution < -0.4 is 0 Å². The quantitative estimate of drug-likeness (QED) is 0.729. The summed E-state index contributed by atoms with van der Waals surface area (Å²) in [4.78, 5) is 13.9. The van der Waals surface area contributed by atoms with E-state index < -0.39 is 0 Å². The molecule has 0 aromatic heterocycles. The Labute approximate surface area is 96.4 Å². The molecule has 1 aromatic rings. The van der Waals surface area contributed by atoms with Crippen LogP contribution in [-0.2, 0) is 6.54 Å². The fourth-order valence-corrected chi connectivity index (χ4v) is 2.55. The van der Waals surface area contributed by atoms with Crippen LogP contribution in [0.2, 0.25) is 0 Å². The van der Waals surface area contributed by atoms with E-state index in [2.05, 4.69) is 28.7 Å². The Morgan fingerprint density at radius 1 is 1.36 bits per heavy atom. The number of carbonyl (C=O) groups excluding carboxylic acids is 1. The lowest BCUT2D eigenvalue weighted by Crippen LogP contribution is -2.25. The van der Waals surface area contributed by atoms with Gasteiger partial charge in [0.2, 0.25) is 0 Å². The third-order valence-electron chi connectivity index (χ3n) is 2.89. The molecule has 1 heterocycles. The fourth-order valence-electron chi connectivity index (χ4n) is 1.99. The van der Waals surface area contributed by atoms with Gasteiger partial charge in [-0.1, -0.05) is 0 Å². The van der Waals surface area contributed by atoms with Crippen molar-refractivity contribution in [2.75, 3.05) is 0 Å². The highest BCUT2D eigenvalue weighted by molar-refractivity contribution is 14.1. The Morgan fingerprint density at radius 2 is 2.14 bits per heavy atom. The molecule has 1 aliphatic heterocycles. The number of amides is 1. The molecule has 1 saturated carbocycles. The fraction of sp³-hybridized carbons (Fsp3) is 0.364. The minimum absolute atomic E-state index is 0.235. The molecule has 1 aliphatic carbocycles. The van der Waals surface area contributed by atoms with E-state index in [0.29, 0.717) is 6.04 Å². The van der Waals surface area contributed by atoms with Crippen molar-refractivity contribution in [2.24, 2.45) is 0 Å². The minimum atomic E-state index is 0.235. The van der Waals surface area contributed by atoms with Crippen molar-refractivity contribution in [3.05, 3.63) is 32.9 Å². The molecule has 0 atom stereocenters.